The summed E-state index contributed by atoms with van der Waals surface area (Å²) in [7, 11) is 0. The van der Waals surface area contributed by atoms with Gasteiger partial charge in [0, 0.05) is 4.88 Å². The second-order valence-corrected chi connectivity index (χ2v) is 6.18. The normalized spacial score (nSPS) is 16.6. The Hall–Kier alpha value is -1.03. The largest absolute Gasteiger partial charge is 0.490 e. The maximum Gasteiger partial charge on any atom is 0.120 e. The van der Waals surface area contributed by atoms with Gasteiger partial charge in [0.15, 0.2) is 0 Å². The first kappa shape index (κ1) is 12.0. The fourth-order valence-electron chi connectivity index (χ4n) is 1.78. The number of benzene rings is 1. The van der Waals surface area contributed by atoms with Crippen molar-refractivity contribution in [3.05, 3.63) is 51.2 Å². The molecule has 1 aliphatic rings. The monoisotopic (exact) mass is 280 g/mol. The molecule has 3 rings (SSSR count). The van der Waals surface area contributed by atoms with Gasteiger partial charge in [0.25, 0.3) is 0 Å². The predicted octanol–water partition coefficient (Wildman–Crippen LogP) is 4.02. The molecular weight excluding hydrogens is 268 g/mol. The average molecular weight is 281 g/mol. The predicted molar refractivity (Wildman–Crippen MR) is 73.5 cm³/mol. The van der Waals surface area contributed by atoms with Crippen LogP contribution >= 0.6 is 22.9 Å². The van der Waals surface area contributed by atoms with Crippen LogP contribution in [0.5, 0.6) is 5.75 Å². The van der Waals surface area contributed by atoms with Crippen LogP contribution in [-0.2, 0) is 0 Å². The molecule has 0 amide bonds. The van der Waals surface area contributed by atoms with Crippen LogP contribution in [0.25, 0.3) is 0 Å². The van der Waals surface area contributed by atoms with E-state index >= 15 is 0 Å². The molecule has 0 spiro atoms. The smallest absolute Gasteiger partial charge is 0.120 e. The SMILES string of the molecule is OC(c1cccc(OC2CC2)c1)c1ccc(Cl)s1. The summed E-state index contributed by atoms with van der Waals surface area (Å²) >= 11 is 7.28. The molecule has 1 fully saturated rings. The highest BCUT2D eigenvalue weighted by molar-refractivity contribution is 7.16. The summed E-state index contributed by atoms with van der Waals surface area (Å²) < 4.78 is 6.41. The third-order valence-corrected chi connectivity index (χ3v) is 4.15. The molecule has 1 unspecified atom stereocenters. The van der Waals surface area contributed by atoms with E-state index in [2.05, 4.69) is 0 Å². The van der Waals surface area contributed by atoms with E-state index in [-0.39, 0.29) is 0 Å². The number of aliphatic hydroxyl groups excluding tert-OH is 1. The third kappa shape index (κ3) is 2.69. The average Bonchev–Trinajstić information content (AvgIpc) is 3.08. The number of ether oxygens (including phenoxy) is 1. The summed E-state index contributed by atoms with van der Waals surface area (Å²) in [5.41, 5.74) is 0.840. The minimum absolute atomic E-state index is 0.369. The highest BCUT2D eigenvalue weighted by Crippen LogP contribution is 2.33. The Bertz CT molecular complexity index is 548. The van der Waals surface area contributed by atoms with E-state index in [1.165, 1.54) is 11.3 Å². The summed E-state index contributed by atoms with van der Waals surface area (Å²) in [5.74, 6) is 0.830. The van der Waals surface area contributed by atoms with Gasteiger partial charge in [0.05, 0.1) is 10.4 Å². The second-order valence-electron chi connectivity index (χ2n) is 4.43. The maximum absolute atomic E-state index is 10.3. The van der Waals surface area contributed by atoms with Crippen LogP contribution in [0.15, 0.2) is 36.4 Å². The molecule has 0 bridgehead atoms. The van der Waals surface area contributed by atoms with Gasteiger partial charge < -0.3 is 9.84 Å². The Morgan fingerprint density at radius 3 is 2.78 bits per heavy atom. The Balaban J connectivity index is 1.81. The molecule has 1 aromatic carbocycles. The molecule has 0 aliphatic heterocycles. The van der Waals surface area contributed by atoms with Gasteiger partial charge in [0.1, 0.15) is 11.9 Å². The molecule has 0 radical (unpaired) electrons. The molecule has 1 N–H and O–H groups in total. The highest BCUT2D eigenvalue weighted by Gasteiger charge is 2.23. The van der Waals surface area contributed by atoms with Crippen LogP contribution < -0.4 is 4.74 Å². The summed E-state index contributed by atoms with van der Waals surface area (Å²) in [4.78, 5) is 0.851. The van der Waals surface area contributed by atoms with Crippen LogP contribution in [0.4, 0.5) is 0 Å². The lowest BCUT2D eigenvalue weighted by Crippen LogP contribution is -2.00. The van der Waals surface area contributed by atoms with E-state index in [9.17, 15) is 5.11 Å². The van der Waals surface area contributed by atoms with E-state index in [0.717, 1.165) is 29.0 Å². The topological polar surface area (TPSA) is 29.5 Å². The van der Waals surface area contributed by atoms with Crippen molar-refractivity contribution in [1.29, 1.82) is 0 Å². The van der Waals surface area contributed by atoms with Crippen LogP contribution in [0.3, 0.4) is 0 Å². The Morgan fingerprint density at radius 2 is 2.11 bits per heavy atom. The zero-order valence-electron chi connectivity index (χ0n) is 9.67. The highest BCUT2D eigenvalue weighted by atomic mass is 35.5. The number of thiophene rings is 1. The molecule has 1 saturated carbocycles. The van der Waals surface area contributed by atoms with Crippen LogP contribution in [-0.4, -0.2) is 11.2 Å². The second kappa shape index (κ2) is 4.92. The van der Waals surface area contributed by atoms with Gasteiger partial charge in [-0.3, -0.25) is 0 Å². The van der Waals surface area contributed by atoms with Gasteiger partial charge in [0.2, 0.25) is 0 Å². The number of aliphatic hydroxyl groups is 1. The van der Waals surface area contributed by atoms with E-state index in [1.54, 1.807) is 6.07 Å². The molecule has 1 atom stereocenters. The number of hydrogen-bond donors (Lipinski definition) is 1. The molecule has 0 saturated heterocycles. The van der Waals surface area contributed by atoms with Gasteiger partial charge in [-0.05, 0) is 42.7 Å². The summed E-state index contributed by atoms with van der Waals surface area (Å²) in [6.45, 7) is 0. The molecule has 1 aromatic heterocycles. The first-order chi connectivity index (χ1) is 8.72. The van der Waals surface area contributed by atoms with Gasteiger partial charge in [-0.1, -0.05) is 23.7 Å². The van der Waals surface area contributed by atoms with Crippen molar-refractivity contribution in [2.75, 3.05) is 0 Å². The van der Waals surface area contributed by atoms with Gasteiger partial charge in [-0.2, -0.15) is 0 Å². The molecule has 2 nitrogen and oxygen atoms in total. The fraction of sp³-hybridized carbons (Fsp3) is 0.286. The first-order valence-corrected chi connectivity index (χ1v) is 7.12. The van der Waals surface area contributed by atoms with Crippen LogP contribution in [0.2, 0.25) is 4.34 Å². The minimum Gasteiger partial charge on any atom is -0.490 e. The summed E-state index contributed by atoms with van der Waals surface area (Å²) in [6, 6.07) is 11.3. The van der Waals surface area contributed by atoms with Gasteiger partial charge in [-0.15, -0.1) is 11.3 Å². The minimum atomic E-state index is -0.634. The standard InChI is InChI=1S/C14H13ClO2S/c15-13-7-6-12(18-13)14(16)9-2-1-3-11(8-9)17-10-4-5-10/h1-3,6-8,10,14,16H,4-5H2. The van der Waals surface area contributed by atoms with Crippen molar-refractivity contribution in [2.24, 2.45) is 0 Å². The Kier molecular flexibility index (Phi) is 3.29. The molecule has 1 aliphatic carbocycles. The van der Waals surface area contributed by atoms with E-state index in [4.69, 9.17) is 16.3 Å². The molecule has 2 aromatic rings. The van der Waals surface area contributed by atoms with Crippen molar-refractivity contribution in [1.82, 2.24) is 0 Å². The molecule has 18 heavy (non-hydrogen) atoms. The molecule has 4 heteroatoms. The van der Waals surface area contributed by atoms with E-state index in [0.29, 0.717) is 10.4 Å². The van der Waals surface area contributed by atoms with Crippen molar-refractivity contribution in [3.63, 3.8) is 0 Å². The number of rotatable bonds is 4. The summed E-state index contributed by atoms with van der Waals surface area (Å²) in [5, 5.41) is 10.3. The molecule has 94 valence electrons. The molecule has 1 heterocycles. The van der Waals surface area contributed by atoms with E-state index in [1.807, 2.05) is 30.3 Å². The fourth-order valence-corrected chi connectivity index (χ4v) is 2.85. The lowest BCUT2D eigenvalue weighted by Gasteiger charge is -2.11. The number of halogens is 1. The zero-order chi connectivity index (χ0) is 12.5. The molecular formula is C14H13ClO2S. The maximum atomic E-state index is 10.3. The summed E-state index contributed by atoms with van der Waals surface area (Å²) in [6.07, 6.45) is 2.00. The van der Waals surface area contributed by atoms with Crippen LogP contribution in [0.1, 0.15) is 29.4 Å². The lowest BCUT2D eigenvalue weighted by atomic mass is 10.1. The van der Waals surface area contributed by atoms with Gasteiger partial charge >= 0.3 is 0 Å². The third-order valence-electron chi connectivity index (χ3n) is 2.86. The Labute approximate surface area is 115 Å². The van der Waals surface area contributed by atoms with Gasteiger partial charge in [-0.25, -0.2) is 0 Å². The van der Waals surface area contributed by atoms with Crippen LogP contribution in [0, 0.1) is 0 Å². The zero-order valence-corrected chi connectivity index (χ0v) is 11.2. The first-order valence-electron chi connectivity index (χ1n) is 5.92. The quantitative estimate of drug-likeness (QED) is 0.916. The van der Waals surface area contributed by atoms with Crippen molar-refractivity contribution < 1.29 is 9.84 Å². The van der Waals surface area contributed by atoms with Crippen molar-refractivity contribution in [2.45, 2.75) is 25.0 Å². The van der Waals surface area contributed by atoms with Crippen molar-refractivity contribution >= 4 is 22.9 Å². The van der Waals surface area contributed by atoms with Crippen molar-refractivity contribution in [3.8, 4) is 5.75 Å². The number of hydrogen-bond acceptors (Lipinski definition) is 3. The lowest BCUT2D eigenvalue weighted by molar-refractivity contribution is 0.223. The van der Waals surface area contributed by atoms with E-state index < -0.39 is 6.10 Å². The Morgan fingerprint density at radius 1 is 1.28 bits per heavy atom.